The molecule has 1 aromatic carbocycles. The van der Waals surface area contributed by atoms with Crippen molar-refractivity contribution in [3.8, 4) is 0 Å². The Labute approximate surface area is 109 Å². The molecule has 6 heteroatoms. The molecule has 0 spiro atoms. The van der Waals surface area contributed by atoms with Crippen LogP contribution >= 0.6 is 11.6 Å². The summed E-state index contributed by atoms with van der Waals surface area (Å²) in [5.74, 6) is -0.0123. The Balaban J connectivity index is 1.96. The SMILES string of the molecule is Nc1ccc(C(=O)NCc2ccc(Cl)cc2)nn1. The highest BCUT2D eigenvalue weighted by molar-refractivity contribution is 6.30. The fraction of sp³-hybridized carbons (Fsp3) is 0.0833. The monoisotopic (exact) mass is 262 g/mol. The lowest BCUT2D eigenvalue weighted by Gasteiger charge is -2.04. The number of nitrogens with two attached hydrogens (primary N) is 1. The molecule has 0 aliphatic carbocycles. The predicted molar refractivity (Wildman–Crippen MR) is 69.1 cm³/mol. The molecule has 1 aromatic heterocycles. The zero-order valence-electron chi connectivity index (χ0n) is 9.43. The van der Waals surface area contributed by atoms with E-state index in [4.69, 9.17) is 17.3 Å². The third-order valence-electron chi connectivity index (χ3n) is 2.28. The number of benzene rings is 1. The molecule has 0 saturated carbocycles. The standard InChI is InChI=1S/C12H11ClN4O/c13-9-3-1-8(2-4-9)7-15-12(18)10-5-6-11(14)17-16-10/h1-6H,7H2,(H2,14,17)(H,15,18). The second-order valence-electron chi connectivity index (χ2n) is 3.65. The van der Waals surface area contributed by atoms with E-state index in [0.717, 1.165) is 5.56 Å². The summed E-state index contributed by atoms with van der Waals surface area (Å²) in [6, 6.07) is 10.3. The van der Waals surface area contributed by atoms with E-state index in [2.05, 4.69) is 15.5 Å². The van der Waals surface area contributed by atoms with Gasteiger partial charge in [-0.3, -0.25) is 4.79 Å². The van der Waals surface area contributed by atoms with Gasteiger partial charge in [0, 0.05) is 11.6 Å². The van der Waals surface area contributed by atoms with Crippen molar-refractivity contribution in [3.05, 3.63) is 52.7 Å². The number of rotatable bonds is 3. The molecule has 1 heterocycles. The molecule has 0 unspecified atom stereocenters. The molecule has 92 valence electrons. The Bertz CT molecular complexity index is 539. The van der Waals surface area contributed by atoms with Crippen LogP contribution in [-0.4, -0.2) is 16.1 Å². The molecule has 0 fully saturated rings. The molecule has 0 bridgehead atoms. The van der Waals surface area contributed by atoms with Gasteiger partial charge in [-0.2, -0.15) is 0 Å². The number of nitrogens with one attached hydrogen (secondary N) is 1. The number of anilines is 1. The second-order valence-corrected chi connectivity index (χ2v) is 4.09. The smallest absolute Gasteiger partial charge is 0.272 e. The summed E-state index contributed by atoms with van der Waals surface area (Å²) in [7, 11) is 0. The van der Waals surface area contributed by atoms with E-state index in [1.165, 1.54) is 12.1 Å². The lowest BCUT2D eigenvalue weighted by Crippen LogP contribution is -2.24. The number of hydrogen-bond acceptors (Lipinski definition) is 4. The molecule has 3 N–H and O–H groups in total. The minimum atomic E-state index is -0.294. The van der Waals surface area contributed by atoms with E-state index in [9.17, 15) is 4.79 Å². The number of carbonyl (C=O) groups is 1. The van der Waals surface area contributed by atoms with Crippen molar-refractivity contribution >= 4 is 23.3 Å². The largest absolute Gasteiger partial charge is 0.382 e. The average Bonchev–Trinajstić information content (AvgIpc) is 2.38. The minimum Gasteiger partial charge on any atom is -0.382 e. The molecule has 2 aromatic rings. The third-order valence-corrected chi connectivity index (χ3v) is 2.54. The van der Waals surface area contributed by atoms with Gasteiger partial charge in [-0.1, -0.05) is 23.7 Å². The summed E-state index contributed by atoms with van der Waals surface area (Å²) in [6.07, 6.45) is 0. The summed E-state index contributed by atoms with van der Waals surface area (Å²) in [6.45, 7) is 0.405. The topological polar surface area (TPSA) is 80.9 Å². The first-order valence-corrected chi connectivity index (χ1v) is 5.65. The highest BCUT2D eigenvalue weighted by Crippen LogP contribution is 2.09. The lowest BCUT2D eigenvalue weighted by atomic mass is 10.2. The summed E-state index contributed by atoms with van der Waals surface area (Å²) in [5.41, 5.74) is 6.58. The van der Waals surface area contributed by atoms with Crippen LogP contribution in [-0.2, 0) is 6.54 Å². The Morgan fingerprint density at radius 3 is 2.50 bits per heavy atom. The summed E-state index contributed by atoms with van der Waals surface area (Å²) in [4.78, 5) is 11.7. The second kappa shape index (κ2) is 5.46. The quantitative estimate of drug-likeness (QED) is 0.881. The molecule has 0 radical (unpaired) electrons. The van der Waals surface area contributed by atoms with E-state index in [1.54, 1.807) is 12.1 Å². The Kier molecular flexibility index (Phi) is 3.74. The maximum Gasteiger partial charge on any atom is 0.272 e. The van der Waals surface area contributed by atoms with E-state index in [-0.39, 0.29) is 17.4 Å². The number of hydrogen-bond donors (Lipinski definition) is 2. The van der Waals surface area contributed by atoms with Crippen LogP contribution in [0.4, 0.5) is 5.82 Å². The Morgan fingerprint density at radius 1 is 1.17 bits per heavy atom. The van der Waals surface area contributed by atoms with Crippen molar-refractivity contribution in [2.24, 2.45) is 0 Å². The van der Waals surface area contributed by atoms with E-state index >= 15 is 0 Å². The van der Waals surface area contributed by atoms with Gasteiger partial charge in [-0.15, -0.1) is 10.2 Å². The highest BCUT2D eigenvalue weighted by Gasteiger charge is 2.07. The fourth-order valence-electron chi connectivity index (χ4n) is 1.34. The van der Waals surface area contributed by atoms with Gasteiger partial charge in [-0.05, 0) is 29.8 Å². The predicted octanol–water partition coefficient (Wildman–Crippen LogP) is 1.64. The van der Waals surface area contributed by atoms with Gasteiger partial charge in [0.25, 0.3) is 5.91 Å². The number of amides is 1. The zero-order valence-corrected chi connectivity index (χ0v) is 10.2. The van der Waals surface area contributed by atoms with Gasteiger partial charge in [0.2, 0.25) is 0 Å². The number of nitrogen functional groups attached to an aromatic ring is 1. The number of halogens is 1. The van der Waals surface area contributed by atoms with Gasteiger partial charge in [0.1, 0.15) is 5.82 Å². The molecular weight excluding hydrogens is 252 g/mol. The number of aromatic nitrogens is 2. The van der Waals surface area contributed by atoms with Crippen molar-refractivity contribution in [1.82, 2.24) is 15.5 Å². The van der Waals surface area contributed by atoms with E-state index < -0.39 is 0 Å². The van der Waals surface area contributed by atoms with Crippen molar-refractivity contribution in [2.45, 2.75) is 6.54 Å². The first kappa shape index (κ1) is 12.3. The van der Waals surface area contributed by atoms with Crippen LogP contribution in [0.15, 0.2) is 36.4 Å². The molecule has 0 aliphatic heterocycles. The van der Waals surface area contributed by atoms with Crippen LogP contribution in [0.5, 0.6) is 0 Å². The number of carbonyl (C=O) groups excluding carboxylic acids is 1. The number of nitrogens with zero attached hydrogens (tertiary/aromatic N) is 2. The van der Waals surface area contributed by atoms with Crippen LogP contribution in [0.25, 0.3) is 0 Å². The Morgan fingerprint density at radius 2 is 1.89 bits per heavy atom. The maximum absolute atomic E-state index is 11.7. The summed E-state index contributed by atoms with van der Waals surface area (Å²) >= 11 is 5.77. The normalized spacial score (nSPS) is 10.1. The van der Waals surface area contributed by atoms with Gasteiger partial charge in [0.15, 0.2) is 5.69 Å². The van der Waals surface area contributed by atoms with Crippen molar-refractivity contribution < 1.29 is 4.79 Å². The summed E-state index contributed by atoms with van der Waals surface area (Å²) < 4.78 is 0. The fourth-order valence-corrected chi connectivity index (χ4v) is 1.46. The molecular formula is C12H11ClN4O. The van der Waals surface area contributed by atoms with Gasteiger partial charge < -0.3 is 11.1 Å². The van der Waals surface area contributed by atoms with Gasteiger partial charge in [-0.25, -0.2) is 0 Å². The van der Waals surface area contributed by atoms with Crippen LogP contribution in [0, 0.1) is 0 Å². The molecule has 2 rings (SSSR count). The average molecular weight is 263 g/mol. The van der Waals surface area contributed by atoms with Crippen LogP contribution in [0.1, 0.15) is 16.1 Å². The Hall–Kier alpha value is -2.14. The molecule has 0 atom stereocenters. The minimum absolute atomic E-state index is 0.234. The molecule has 0 aliphatic rings. The van der Waals surface area contributed by atoms with E-state index in [1.807, 2.05) is 12.1 Å². The maximum atomic E-state index is 11.7. The summed E-state index contributed by atoms with van der Waals surface area (Å²) in [5, 5.41) is 10.7. The third kappa shape index (κ3) is 3.18. The van der Waals surface area contributed by atoms with Crippen LogP contribution < -0.4 is 11.1 Å². The van der Waals surface area contributed by atoms with Crippen molar-refractivity contribution in [3.63, 3.8) is 0 Å². The molecule has 18 heavy (non-hydrogen) atoms. The van der Waals surface area contributed by atoms with Crippen molar-refractivity contribution in [2.75, 3.05) is 5.73 Å². The molecule has 1 amide bonds. The van der Waals surface area contributed by atoms with Crippen molar-refractivity contribution in [1.29, 1.82) is 0 Å². The first-order valence-electron chi connectivity index (χ1n) is 5.27. The van der Waals surface area contributed by atoms with Crippen LogP contribution in [0.3, 0.4) is 0 Å². The zero-order chi connectivity index (χ0) is 13.0. The highest BCUT2D eigenvalue weighted by atomic mass is 35.5. The van der Waals surface area contributed by atoms with E-state index in [0.29, 0.717) is 11.6 Å². The van der Waals surface area contributed by atoms with Crippen LogP contribution in [0.2, 0.25) is 5.02 Å². The van der Waals surface area contributed by atoms with Gasteiger partial charge >= 0.3 is 0 Å². The first-order chi connectivity index (χ1) is 8.65. The molecule has 0 saturated heterocycles. The lowest BCUT2D eigenvalue weighted by molar-refractivity contribution is 0.0945. The molecule has 5 nitrogen and oxygen atoms in total. The van der Waals surface area contributed by atoms with Gasteiger partial charge in [0.05, 0.1) is 0 Å².